The zero-order valence-corrected chi connectivity index (χ0v) is 15.9. The van der Waals surface area contributed by atoms with Crippen LogP contribution in [0.3, 0.4) is 0 Å². The minimum Gasteiger partial charge on any atom is -0.296 e. The first kappa shape index (κ1) is 25.4. The zero-order chi connectivity index (χ0) is 24.2. The maximum absolute atomic E-state index is 13.0. The first-order valence-corrected chi connectivity index (χ1v) is 10.1. The molecule has 0 bridgehead atoms. The Kier molecular flexibility index (Phi) is 6.23. The van der Waals surface area contributed by atoms with Gasteiger partial charge in [-0.1, -0.05) is 0 Å². The van der Waals surface area contributed by atoms with Crippen LogP contribution in [0.4, 0.5) is 52.7 Å². The van der Waals surface area contributed by atoms with E-state index in [9.17, 15) is 57.3 Å². The van der Waals surface area contributed by atoms with Crippen molar-refractivity contribution in [3.8, 4) is 0 Å². The smallest absolute Gasteiger partial charge is 0.296 e. The van der Waals surface area contributed by atoms with Gasteiger partial charge in [0.2, 0.25) is 6.49 Å². The van der Waals surface area contributed by atoms with Gasteiger partial charge >= 0.3 is 24.7 Å². The monoisotopic (exact) mass is 508 g/mol. The van der Waals surface area contributed by atoms with Crippen LogP contribution in [0.5, 0.6) is 0 Å². The minimum absolute atomic E-state index is 0.128. The molecule has 2 aromatic rings. The molecule has 0 heterocycles. The Morgan fingerprint density at radius 2 is 0.677 bits per heavy atom. The minimum atomic E-state index is -5.42. The molecule has 2 rings (SSSR count). The van der Waals surface area contributed by atoms with E-state index in [1.165, 1.54) is 0 Å². The highest BCUT2D eigenvalue weighted by Crippen LogP contribution is 2.52. The van der Waals surface area contributed by atoms with Crippen LogP contribution in [0.25, 0.3) is 0 Å². The summed E-state index contributed by atoms with van der Waals surface area (Å²) in [5.74, 6) is 0. The van der Waals surface area contributed by atoms with Crippen molar-refractivity contribution in [1.82, 2.24) is 0 Å². The lowest BCUT2D eigenvalue weighted by atomic mass is 10.1. The van der Waals surface area contributed by atoms with Crippen LogP contribution < -0.4 is 10.6 Å². The molecule has 0 atom stereocenters. The molecule has 0 saturated carbocycles. The van der Waals surface area contributed by atoms with Crippen LogP contribution in [-0.2, 0) is 29.3 Å². The summed E-state index contributed by atoms with van der Waals surface area (Å²) in [5.41, 5.74) is -8.00. The zero-order valence-electron chi connectivity index (χ0n) is 14.2. The normalized spacial score (nSPS) is 14.1. The van der Waals surface area contributed by atoms with Gasteiger partial charge < -0.3 is 0 Å². The van der Waals surface area contributed by atoms with Crippen molar-refractivity contribution in [2.75, 3.05) is 0 Å². The molecule has 172 valence electrons. The lowest BCUT2D eigenvalue weighted by molar-refractivity contribution is -0.144. The third-order valence-electron chi connectivity index (χ3n) is 3.81. The summed E-state index contributed by atoms with van der Waals surface area (Å²) < 4.78 is 168. The van der Waals surface area contributed by atoms with Crippen molar-refractivity contribution >= 4 is 28.3 Å². The fourth-order valence-electron chi connectivity index (χ4n) is 2.36. The van der Waals surface area contributed by atoms with Crippen LogP contribution in [0.15, 0.2) is 36.4 Å². The SMILES string of the molecule is O=P(Cl)(c1cc(C(F)(F)F)cc(C(F)(F)F)c1)c1cc(C(F)(F)F)cc(C(F)(F)F)c1. The van der Waals surface area contributed by atoms with Gasteiger partial charge in [0.15, 0.2) is 0 Å². The fraction of sp³-hybridized carbons (Fsp3) is 0.250. The predicted octanol–water partition coefficient (Wildman–Crippen LogP) is 7.23. The number of alkyl halides is 12. The summed E-state index contributed by atoms with van der Waals surface area (Å²) in [6, 6.07) is -1.25. The van der Waals surface area contributed by atoms with Crippen LogP contribution in [0.2, 0.25) is 0 Å². The second-order valence-corrected chi connectivity index (χ2v) is 9.59. The Bertz CT molecular complexity index is 889. The third-order valence-corrected chi connectivity index (χ3v) is 6.82. The predicted molar refractivity (Wildman–Crippen MR) is 85.6 cm³/mol. The fourth-order valence-corrected chi connectivity index (χ4v) is 4.46. The Balaban J connectivity index is 2.85. The third kappa shape index (κ3) is 5.68. The van der Waals surface area contributed by atoms with E-state index in [1.54, 1.807) is 0 Å². The van der Waals surface area contributed by atoms with Gasteiger partial charge in [-0.05, 0) is 47.6 Å². The van der Waals surface area contributed by atoms with Gasteiger partial charge in [-0.25, -0.2) is 0 Å². The van der Waals surface area contributed by atoms with Crippen LogP contribution in [-0.4, -0.2) is 0 Å². The van der Waals surface area contributed by atoms with Gasteiger partial charge in [-0.15, -0.1) is 0 Å². The molecule has 15 heteroatoms. The Morgan fingerprint density at radius 1 is 0.484 bits per heavy atom. The molecule has 0 aliphatic carbocycles. The van der Waals surface area contributed by atoms with E-state index in [0.717, 1.165) is 0 Å². The van der Waals surface area contributed by atoms with Crippen molar-refractivity contribution in [3.63, 3.8) is 0 Å². The summed E-state index contributed by atoms with van der Waals surface area (Å²) in [6.45, 7) is -5.31. The standard InChI is InChI=1S/C16H6ClF12OP/c17-31(30,11-3-7(13(18,19)20)1-8(4-11)14(21,22)23)12-5-9(15(24,25)26)2-10(6-12)16(27,28)29/h1-6H. The number of halogens is 13. The van der Waals surface area contributed by atoms with Crippen molar-refractivity contribution in [1.29, 1.82) is 0 Å². The topological polar surface area (TPSA) is 17.1 Å². The number of benzene rings is 2. The quantitative estimate of drug-likeness (QED) is 0.309. The van der Waals surface area contributed by atoms with E-state index >= 15 is 0 Å². The van der Waals surface area contributed by atoms with Crippen LogP contribution in [0.1, 0.15) is 22.3 Å². The number of hydrogen-bond donors (Lipinski definition) is 0. The summed E-state index contributed by atoms with van der Waals surface area (Å²) in [6.07, 6.45) is -21.7. The van der Waals surface area contributed by atoms with Crippen LogP contribution >= 0.6 is 17.7 Å². The summed E-state index contributed by atoms with van der Waals surface area (Å²) in [4.78, 5) is 0. The maximum atomic E-state index is 13.0. The number of rotatable bonds is 2. The first-order valence-electron chi connectivity index (χ1n) is 7.53. The van der Waals surface area contributed by atoms with Gasteiger partial charge in [0, 0.05) is 10.6 Å². The average molecular weight is 509 g/mol. The van der Waals surface area contributed by atoms with Gasteiger partial charge in [0.1, 0.15) is 0 Å². The van der Waals surface area contributed by atoms with Crippen LogP contribution in [0, 0.1) is 0 Å². The van der Waals surface area contributed by atoms with Crippen molar-refractivity contribution in [2.24, 2.45) is 0 Å². The van der Waals surface area contributed by atoms with Crippen molar-refractivity contribution in [3.05, 3.63) is 58.7 Å². The van der Waals surface area contributed by atoms with E-state index < -0.39 is 64.1 Å². The van der Waals surface area contributed by atoms with Gasteiger partial charge in [0.05, 0.1) is 22.3 Å². The van der Waals surface area contributed by atoms with Gasteiger partial charge in [-0.2, -0.15) is 52.7 Å². The molecular weight excluding hydrogens is 503 g/mol. The molecule has 0 fully saturated rings. The molecule has 2 aromatic carbocycles. The van der Waals surface area contributed by atoms with Crippen molar-refractivity contribution in [2.45, 2.75) is 24.7 Å². The first-order chi connectivity index (χ1) is 13.6. The highest BCUT2D eigenvalue weighted by molar-refractivity contribution is 8.00. The second-order valence-electron chi connectivity index (χ2n) is 6.06. The molecule has 1 nitrogen and oxygen atoms in total. The lowest BCUT2D eigenvalue weighted by Gasteiger charge is -2.19. The maximum Gasteiger partial charge on any atom is 0.416 e. The molecule has 0 radical (unpaired) electrons. The molecular formula is C16H6ClF12OP. The molecule has 0 N–H and O–H groups in total. The van der Waals surface area contributed by atoms with Gasteiger partial charge in [0.25, 0.3) is 0 Å². The average Bonchev–Trinajstić information content (AvgIpc) is 2.58. The van der Waals surface area contributed by atoms with Crippen molar-refractivity contribution < 1.29 is 57.3 Å². The second kappa shape index (κ2) is 7.61. The molecule has 0 spiro atoms. The molecule has 0 saturated heterocycles. The molecule has 0 aliphatic rings. The molecule has 0 aromatic heterocycles. The van der Waals surface area contributed by atoms with E-state index in [-0.39, 0.29) is 36.4 Å². The molecule has 0 unspecified atom stereocenters. The lowest BCUT2D eigenvalue weighted by Crippen LogP contribution is -2.22. The van der Waals surface area contributed by atoms with E-state index in [4.69, 9.17) is 11.2 Å². The van der Waals surface area contributed by atoms with E-state index in [0.29, 0.717) is 0 Å². The molecule has 31 heavy (non-hydrogen) atoms. The van der Waals surface area contributed by atoms with E-state index in [2.05, 4.69) is 0 Å². The summed E-state index contributed by atoms with van der Waals surface area (Å²) in [5, 5.41) is -2.88. The summed E-state index contributed by atoms with van der Waals surface area (Å²) >= 11 is 5.56. The largest absolute Gasteiger partial charge is 0.416 e. The Hall–Kier alpha value is -1.88. The van der Waals surface area contributed by atoms with Gasteiger partial charge in [-0.3, -0.25) is 4.57 Å². The highest BCUT2D eigenvalue weighted by Gasteiger charge is 2.42. The number of hydrogen-bond acceptors (Lipinski definition) is 1. The highest BCUT2D eigenvalue weighted by atomic mass is 35.7. The van der Waals surface area contributed by atoms with E-state index in [1.807, 2.05) is 0 Å². The molecule has 0 aliphatic heterocycles. The Morgan fingerprint density at radius 3 is 0.839 bits per heavy atom. The summed E-state index contributed by atoms with van der Waals surface area (Å²) in [7, 11) is 0. The Labute approximate surface area is 169 Å². The molecule has 0 amide bonds.